The zero-order valence-corrected chi connectivity index (χ0v) is 12.3. The number of carboxylic acid groups (broad SMARTS) is 1. The van der Waals surface area contributed by atoms with E-state index < -0.39 is 5.97 Å². The number of carbonyl (C=O) groups is 1. The maximum atomic E-state index is 10.8. The highest BCUT2D eigenvalue weighted by molar-refractivity contribution is 5.87. The number of rotatable bonds is 7. The van der Waals surface area contributed by atoms with E-state index in [1.807, 2.05) is 18.2 Å². The Hall–Kier alpha value is -2.29. The monoisotopic (exact) mass is 283 g/mol. The standard InChI is InChI=1S/C18H21NO2/c1-2-3-6-15-7-4-5-8-17(15)19-13-14-9-11-16(12-10-14)18(20)21/h4-5,7-12,19H,2-3,6,13H2,1H3,(H,20,21). The number of hydrogen-bond donors (Lipinski definition) is 2. The minimum atomic E-state index is -0.889. The summed E-state index contributed by atoms with van der Waals surface area (Å²) in [6.07, 6.45) is 3.45. The third-order valence-corrected chi connectivity index (χ3v) is 3.50. The summed E-state index contributed by atoms with van der Waals surface area (Å²) in [5.74, 6) is -0.889. The first kappa shape index (κ1) is 15.1. The van der Waals surface area contributed by atoms with E-state index in [0.717, 1.165) is 17.7 Å². The van der Waals surface area contributed by atoms with E-state index in [-0.39, 0.29) is 0 Å². The molecule has 0 spiro atoms. The van der Waals surface area contributed by atoms with Gasteiger partial charge in [0, 0.05) is 12.2 Å². The number of para-hydroxylation sites is 1. The zero-order valence-electron chi connectivity index (χ0n) is 12.3. The van der Waals surface area contributed by atoms with Gasteiger partial charge in [-0.25, -0.2) is 4.79 Å². The Labute approximate surface area is 125 Å². The molecule has 0 aliphatic carbocycles. The molecule has 0 unspecified atom stereocenters. The Morgan fingerprint density at radius 3 is 2.48 bits per heavy atom. The minimum Gasteiger partial charge on any atom is -0.478 e. The summed E-state index contributed by atoms with van der Waals surface area (Å²) in [6, 6.07) is 15.3. The van der Waals surface area contributed by atoms with E-state index in [9.17, 15) is 4.79 Å². The predicted octanol–water partition coefficient (Wildman–Crippen LogP) is 4.34. The predicted molar refractivity (Wildman–Crippen MR) is 85.8 cm³/mol. The Morgan fingerprint density at radius 2 is 1.81 bits per heavy atom. The maximum Gasteiger partial charge on any atom is 0.335 e. The fraction of sp³-hybridized carbons (Fsp3) is 0.278. The van der Waals surface area contributed by atoms with Crippen LogP contribution in [0.1, 0.15) is 41.3 Å². The van der Waals surface area contributed by atoms with Crippen LogP contribution in [-0.4, -0.2) is 11.1 Å². The van der Waals surface area contributed by atoms with E-state index in [0.29, 0.717) is 12.1 Å². The summed E-state index contributed by atoms with van der Waals surface area (Å²) in [6.45, 7) is 2.89. The van der Waals surface area contributed by atoms with E-state index in [1.54, 1.807) is 12.1 Å². The second-order valence-electron chi connectivity index (χ2n) is 5.12. The summed E-state index contributed by atoms with van der Waals surface area (Å²) >= 11 is 0. The number of aryl methyl sites for hydroxylation is 1. The van der Waals surface area contributed by atoms with E-state index in [2.05, 4.69) is 30.4 Å². The molecule has 0 bridgehead atoms. The lowest BCUT2D eigenvalue weighted by Gasteiger charge is -2.12. The smallest absolute Gasteiger partial charge is 0.335 e. The van der Waals surface area contributed by atoms with Crippen LogP contribution in [0.2, 0.25) is 0 Å². The van der Waals surface area contributed by atoms with E-state index in [1.165, 1.54) is 18.4 Å². The van der Waals surface area contributed by atoms with Gasteiger partial charge in [0.05, 0.1) is 5.56 Å². The highest BCUT2D eigenvalue weighted by Gasteiger charge is 2.03. The van der Waals surface area contributed by atoms with Crippen LogP contribution in [0.4, 0.5) is 5.69 Å². The number of aromatic carboxylic acids is 1. The normalized spacial score (nSPS) is 10.3. The molecule has 0 heterocycles. The summed E-state index contributed by atoms with van der Waals surface area (Å²) in [5.41, 5.74) is 3.89. The average Bonchev–Trinajstić information content (AvgIpc) is 2.52. The van der Waals surface area contributed by atoms with Crippen molar-refractivity contribution >= 4 is 11.7 Å². The van der Waals surface area contributed by atoms with Gasteiger partial charge in [-0.2, -0.15) is 0 Å². The Morgan fingerprint density at radius 1 is 1.10 bits per heavy atom. The molecule has 2 rings (SSSR count). The van der Waals surface area contributed by atoms with E-state index >= 15 is 0 Å². The van der Waals surface area contributed by atoms with Crippen LogP contribution in [0.25, 0.3) is 0 Å². The number of anilines is 1. The fourth-order valence-electron chi connectivity index (χ4n) is 2.24. The summed E-state index contributed by atoms with van der Waals surface area (Å²) in [7, 11) is 0. The van der Waals surface area contributed by atoms with Crippen LogP contribution in [0.5, 0.6) is 0 Å². The third kappa shape index (κ3) is 4.35. The average molecular weight is 283 g/mol. The number of nitrogens with one attached hydrogen (secondary N) is 1. The van der Waals surface area contributed by atoms with Gasteiger partial charge in [0.1, 0.15) is 0 Å². The Bertz CT molecular complexity index is 590. The van der Waals surface area contributed by atoms with Gasteiger partial charge in [-0.3, -0.25) is 0 Å². The van der Waals surface area contributed by atoms with Gasteiger partial charge < -0.3 is 10.4 Å². The lowest BCUT2D eigenvalue weighted by molar-refractivity contribution is 0.0697. The summed E-state index contributed by atoms with van der Waals surface area (Å²) < 4.78 is 0. The molecule has 2 aromatic rings. The molecule has 3 heteroatoms. The zero-order chi connectivity index (χ0) is 15.1. The van der Waals surface area contributed by atoms with Crippen molar-refractivity contribution in [1.29, 1.82) is 0 Å². The molecule has 0 fully saturated rings. The molecule has 0 aliphatic rings. The highest BCUT2D eigenvalue weighted by Crippen LogP contribution is 2.18. The van der Waals surface area contributed by atoms with Gasteiger partial charge in [-0.05, 0) is 42.2 Å². The van der Waals surface area contributed by atoms with Crippen molar-refractivity contribution in [2.45, 2.75) is 32.7 Å². The molecular weight excluding hydrogens is 262 g/mol. The molecule has 2 aromatic carbocycles. The highest BCUT2D eigenvalue weighted by atomic mass is 16.4. The molecule has 0 saturated heterocycles. The van der Waals surface area contributed by atoms with Crippen molar-refractivity contribution in [2.75, 3.05) is 5.32 Å². The molecule has 0 aliphatic heterocycles. The van der Waals surface area contributed by atoms with Crippen LogP contribution in [0, 0.1) is 0 Å². The van der Waals surface area contributed by atoms with Crippen molar-refractivity contribution in [1.82, 2.24) is 0 Å². The van der Waals surface area contributed by atoms with Crippen LogP contribution in [-0.2, 0) is 13.0 Å². The quantitative estimate of drug-likeness (QED) is 0.794. The molecule has 0 radical (unpaired) electrons. The van der Waals surface area contributed by atoms with Crippen molar-refractivity contribution in [3.8, 4) is 0 Å². The lowest BCUT2D eigenvalue weighted by Crippen LogP contribution is -2.03. The largest absolute Gasteiger partial charge is 0.478 e. The second kappa shape index (κ2) is 7.48. The van der Waals surface area contributed by atoms with Crippen molar-refractivity contribution in [3.63, 3.8) is 0 Å². The molecule has 0 amide bonds. The molecule has 0 atom stereocenters. The van der Waals surface area contributed by atoms with E-state index in [4.69, 9.17) is 5.11 Å². The number of carboxylic acids is 1. The topological polar surface area (TPSA) is 49.3 Å². The van der Waals surface area contributed by atoms with Crippen LogP contribution >= 0.6 is 0 Å². The minimum absolute atomic E-state index is 0.321. The summed E-state index contributed by atoms with van der Waals surface area (Å²) in [5, 5.41) is 12.3. The molecule has 110 valence electrons. The number of benzene rings is 2. The fourth-order valence-corrected chi connectivity index (χ4v) is 2.24. The van der Waals surface area contributed by atoms with Gasteiger partial charge in [0.25, 0.3) is 0 Å². The second-order valence-corrected chi connectivity index (χ2v) is 5.12. The molecule has 21 heavy (non-hydrogen) atoms. The molecule has 0 aromatic heterocycles. The Kier molecular flexibility index (Phi) is 5.38. The number of unbranched alkanes of at least 4 members (excludes halogenated alkanes) is 1. The first-order chi connectivity index (χ1) is 10.2. The van der Waals surface area contributed by atoms with Gasteiger partial charge in [0.2, 0.25) is 0 Å². The van der Waals surface area contributed by atoms with Crippen molar-refractivity contribution in [2.24, 2.45) is 0 Å². The molecular formula is C18H21NO2. The maximum absolute atomic E-state index is 10.8. The van der Waals surface area contributed by atoms with Crippen LogP contribution in [0.15, 0.2) is 48.5 Å². The Balaban J connectivity index is 2.00. The van der Waals surface area contributed by atoms with Crippen molar-refractivity contribution in [3.05, 3.63) is 65.2 Å². The van der Waals surface area contributed by atoms with Crippen LogP contribution < -0.4 is 5.32 Å². The van der Waals surface area contributed by atoms with Gasteiger partial charge in [-0.15, -0.1) is 0 Å². The van der Waals surface area contributed by atoms with Crippen molar-refractivity contribution < 1.29 is 9.90 Å². The van der Waals surface area contributed by atoms with Gasteiger partial charge >= 0.3 is 5.97 Å². The first-order valence-electron chi connectivity index (χ1n) is 7.34. The SMILES string of the molecule is CCCCc1ccccc1NCc1ccc(C(=O)O)cc1. The number of hydrogen-bond acceptors (Lipinski definition) is 2. The molecule has 2 N–H and O–H groups in total. The lowest BCUT2D eigenvalue weighted by atomic mass is 10.1. The van der Waals surface area contributed by atoms with Gasteiger partial charge in [0.15, 0.2) is 0 Å². The molecule has 0 saturated carbocycles. The molecule has 3 nitrogen and oxygen atoms in total. The van der Waals surface area contributed by atoms with Crippen LogP contribution in [0.3, 0.4) is 0 Å². The first-order valence-corrected chi connectivity index (χ1v) is 7.34. The third-order valence-electron chi connectivity index (χ3n) is 3.50. The van der Waals surface area contributed by atoms with Gasteiger partial charge in [-0.1, -0.05) is 43.7 Å². The summed E-state index contributed by atoms with van der Waals surface area (Å²) in [4.78, 5) is 10.8.